The molecule has 0 aliphatic carbocycles. The SMILES string of the molecule is CCC(CC)n1ccc(CNc2cc(Cl)ccc2F)n1. The van der Waals surface area contributed by atoms with Gasteiger partial charge in [-0.25, -0.2) is 4.39 Å². The van der Waals surface area contributed by atoms with Crippen LogP contribution in [-0.2, 0) is 6.54 Å². The maximum absolute atomic E-state index is 13.6. The van der Waals surface area contributed by atoms with Crippen LogP contribution in [0.25, 0.3) is 0 Å². The Balaban J connectivity index is 2.02. The number of aromatic nitrogens is 2. The van der Waals surface area contributed by atoms with Gasteiger partial charge in [0.15, 0.2) is 0 Å². The van der Waals surface area contributed by atoms with Crippen LogP contribution in [0.3, 0.4) is 0 Å². The normalized spacial score (nSPS) is 11.1. The summed E-state index contributed by atoms with van der Waals surface area (Å²) in [4.78, 5) is 0. The lowest BCUT2D eigenvalue weighted by Gasteiger charge is -2.12. The highest BCUT2D eigenvalue weighted by Crippen LogP contribution is 2.20. The minimum atomic E-state index is -0.311. The van der Waals surface area contributed by atoms with E-state index in [0.717, 1.165) is 18.5 Å². The van der Waals surface area contributed by atoms with Gasteiger partial charge in [-0.15, -0.1) is 0 Å². The average molecular weight is 296 g/mol. The van der Waals surface area contributed by atoms with Gasteiger partial charge < -0.3 is 5.32 Å². The van der Waals surface area contributed by atoms with Crippen molar-refractivity contribution >= 4 is 17.3 Å². The van der Waals surface area contributed by atoms with E-state index in [1.165, 1.54) is 12.1 Å². The third-order valence-electron chi connectivity index (χ3n) is 3.37. The molecule has 108 valence electrons. The first-order valence-corrected chi connectivity index (χ1v) is 7.24. The van der Waals surface area contributed by atoms with Gasteiger partial charge in [-0.3, -0.25) is 4.68 Å². The fourth-order valence-corrected chi connectivity index (χ4v) is 2.33. The maximum atomic E-state index is 13.6. The van der Waals surface area contributed by atoms with Gasteiger partial charge in [0, 0.05) is 11.2 Å². The Morgan fingerprint density at radius 3 is 2.75 bits per heavy atom. The second-order valence-corrected chi connectivity index (χ2v) is 5.17. The molecule has 0 bridgehead atoms. The molecule has 0 atom stereocenters. The van der Waals surface area contributed by atoms with Gasteiger partial charge in [-0.05, 0) is 37.1 Å². The Hall–Kier alpha value is -1.55. The van der Waals surface area contributed by atoms with Crippen molar-refractivity contribution in [2.75, 3.05) is 5.32 Å². The van der Waals surface area contributed by atoms with E-state index >= 15 is 0 Å². The molecular formula is C15H19ClFN3. The molecule has 2 rings (SSSR count). The quantitative estimate of drug-likeness (QED) is 0.841. The zero-order chi connectivity index (χ0) is 14.5. The summed E-state index contributed by atoms with van der Waals surface area (Å²) in [6.45, 7) is 4.77. The molecule has 5 heteroatoms. The van der Waals surface area contributed by atoms with Gasteiger partial charge >= 0.3 is 0 Å². The number of halogens is 2. The molecule has 0 amide bonds. The van der Waals surface area contributed by atoms with Crippen molar-refractivity contribution in [2.45, 2.75) is 39.3 Å². The van der Waals surface area contributed by atoms with E-state index in [0.29, 0.717) is 23.3 Å². The van der Waals surface area contributed by atoms with E-state index < -0.39 is 0 Å². The molecule has 0 unspecified atom stereocenters. The van der Waals surface area contributed by atoms with Gasteiger partial charge in [0.25, 0.3) is 0 Å². The fourth-order valence-electron chi connectivity index (χ4n) is 2.16. The van der Waals surface area contributed by atoms with Crippen molar-refractivity contribution in [3.8, 4) is 0 Å². The van der Waals surface area contributed by atoms with Crippen LogP contribution in [0.5, 0.6) is 0 Å². The molecule has 20 heavy (non-hydrogen) atoms. The highest BCUT2D eigenvalue weighted by molar-refractivity contribution is 6.30. The van der Waals surface area contributed by atoms with Gasteiger partial charge in [0.2, 0.25) is 0 Å². The number of nitrogens with zero attached hydrogens (tertiary/aromatic N) is 2. The van der Waals surface area contributed by atoms with Gasteiger partial charge in [0.1, 0.15) is 5.82 Å². The van der Waals surface area contributed by atoms with E-state index in [-0.39, 0.29) is 5.82 Å². The monoisotopic (exact) mass is 295 g/mol. The first-order valence-electron chi connectivity index (χ1n) is 6.87. The van der Waals surface area contributed by atoms with Crippen LogP contribution in [0.1, 0.15) is 38.4 Å². The Morgan fingerprint density at radius 1 is 1.30 bits per heavy atom. The number of anilines is 1. The molecule has 1 N–H and O–H groups in total. The zero-order valence-corrected chi connectivity index (χ0v) is 12.5. The minimum absolute atomic E-state index is 0.311. The number of hydrogen-bond acceptors (Lipinski definition) is 2. The van der Waals surface area contributed by atoms with Crippen molar-refractivity contribution in [3.63, 3.8) is 0 Å². The third kappa shape index (κ3) is 3.51. The highest BCUT2D eigenvalue weighted by Gasteiger charge is 2.08. The zero-order valence-electron chi connectivity index (χ0n) is 11.7. The molecule has 0 fully saturated rings. The molecule has 1 aromatic carbocycles. The molecule has 2 aromatic rings. The van der Waals surface area contributed by atoms with E-state index in [1.54, 1.807) is 6.07 Å². The topological polar surface area (TPSA) is 29.9 Å². The number of benzene rings is 1. The molecule has 0 aliphatic rings. The Labute approximate surface area is 123 Å². The summed E-state index contributed by atoms with van der Waals surface area (Å²) in [5.41, 5.74) is 1.28. The van der Waals surface area contributed by atoms with Crippen LogP contribution in [0.4, 0.5) is 10.1 Å². The Morgan fingerprint density at radius 2 is 2.05 bits per heavy atom. The molecule has 0 saturated carbocycles. The lowest BCUT2D eigenvalue weighted by atomic mass is 10.2. The van der Waals surface area contributed by atoms with Gasteiger partial charge in [-0.1, -0.05) is 25.4 Å². The molecule has 3 nitrogen and oxygen atoms in total. The molecule has 0 saturated heterocycles. The summed E-state index contributed by atoms with van der Waals surface area (Å²) in [6.07, 6.45) is 4.07. The van der Waals surface area contributed by atoms with Gasteiger partial charge in [0.05, 0.1) is 24.0 Å². The lowest BCUT2D eigenvalue weighted by Crippen LogP contribution is -2.09. The number of nitrogens with one attached hydrogen (secondary N) is 1. The first-order chi connectivity index (χ1) is 9.63. The van der Waals surface area contributed by atoms with Gasteiger partial charge in [-0.2, -0.15) is 5.10 Å². The first kappa shape index (κ1) is 14.9. The summed E-state index contributed by atoms with van der Waals surface area (Å²) in [6, 6.07) is 6.84. The molecule has 1 aromatic heterocycles. The number of hydrogen-bond donors (Lipinski definition) is 1. The summed E-state index contributed by atoms with van der Waals surface area (Å²) in [5.74, 6) is -0.311. The van der Waals surface area contributed by atoms with E-state index in [1.807, 2.05) is 16.9 Å². The van der Waals surface area contributed by atoms with Crippen molar-refractivity contribution in [2.24, 2.45) is 0 Å². The molecule has 0 radical (unpaired) electrons. The van der Waals surface area contributed by atoms with E-state index in [2.05, 4.69) is 24.3 Å². The van der Waals surface area contributed by atoms with Crippen LogP contribution in [0.2, 0.25) is 5.02 Å². The summed E-state index contributed by atoms with van der Waals surface area (Å²) in [5, 5.41) is 8.05. The predicted molar refractivity (Wildman–Crippen MR) is 80.6 cm³/mol. The van der Waals surface area contributed by atoms with E-state index in [4.69, 9.17) is 11.6 Å². The van der Waals surface area contributed by atoms with Crippen molar-refractivity contribution in [1.82, 2.24) is 9.78 Å². The van der Waals surface area contributed by atoms with Crippen LogP contribution in [0, 0.1) is 5.82 Å². The summed E-state index contributed by atoms with van der Waals surface area (Å²) in [7, 11) is 0. The lowest BCUT2D eigenvalue weighted by molar-refractivity contribution is 0.426. The summed E-state index contributed by atoms with van der Waals surface area (Å²) >= 11 is 5.86. The highest BCUT2D eigenvalue weighted by atomic mass is 35.5. The molecule has 0 spiro atoms. The van der Waals surface area contributed by atoms with E-state index in [9.17, 15) is 4.39 Å². The van der Waals surface area contributed by atoms with Crippen LogP contribution >= 0.6 is 11.6 Å². The molecular weight excluding hydrogens is 277 g/mol. The fraction of sp³-hybridized carbons (Fsp3) is 0.400. The smallest absolute Gasteiger partial charge is 0.146 e. The molecule has 1 heterocycles. The second kappa shape index (κ2) is 6.75. The average Bonchev–Trinajstić information content (AvgIpc) is 2.90. The Kier molecular flexibility index (Phi) is 5.01. The van der Waals surface area contributed by atoms with Crippen molar-refractivity contribution in [3.05, 3.63) is 47.0 Å². The van der Waals surface area contributed by atoms with Crippen molar-refractivity contribution in [1.29, 1.82) is 0 Å². The van der Waals surface area contributed by atoms with Crippen LogP contribution < -0.4 is 5.32 Å². The molecule has 0 aliphatic heterocycles. The predicted octanol–water partition coefficient (Wildman–Crippen LogP) is 4.65. The Bertz CT molecular complexity index is 564. The number of rotatable bonds is 6. The third-order valence-corrected chi connectivity index (χ3v) is 3.60. The largest absolute Gasteiger partial charge is 0.377 e. The van der Waals surface area contributed by atoms with Crippen molar-refractivity contribution < 1.29 is 4.39 Å². The van der Waals surface area contributed by atoms with Crippen LogP contribution in [0.15, 0.2) is 30.5 Å². The second-order valence-electron chi connectivity index (χ2n) is 4.74. The van der Waals surface area contributed by atoms with Crippen LogP contribution in [-0.4, -0.2) is 9.78 Å². The standard InChI is InChI=1S/C15H19ClFN3/c1-3-13(4-2)20-8-7-12(19-20)10-18-15-9-11(16)5-6-14(15)17/h5-9,13,18H,3-4,10H2,1-2H3. The summed E-state index contributed by atoms with van der Waals surface area (Å²) < 4.78 is 15.5. The minimum Gasteiger partial charge on any atom is -0.377 e. The maximum Gasteiger partial charge on any atom is 0.146 e.